The molecule has 1 rings (SSSR count). The molecule has 0 saturated carbocycles. The van der Waals surface area contributed by atoms with E-state index in [2.05, 4.69) is 10.1 Å². The number of hydrogen-bond donors (Lipinski definition) is 1. The van der Waals surface area contributed by atoms with Crippen molar-refractivity contribution < 1.29 is 22.6 Å². The molecule has 0 aliphatic rings. The van der Waals surface area contributed by atoms with Gasteiger partial charge in [0.15, 0.2) is 0 Å². The summed E-state index contributed by atoms with van der Waals surface area (Å²) in [5.41, 5.74) is 0.589. The Kier molecular flexibility index (Phi) is 5.55. The van der Waals surface area contributed by atoms with Gasteiger partial charge in [0.25, 0.3) is 0 Å². The Hall–Kier alpha value is -1.14. The summed E-state index contributed by atoms with van der Waals surface area (Å²) in [5.74, 6) is 0.609. The van der Waals surface area contributed by atoms with E-state index < -0.39 is 12.8 Å². The van der Waals surface area contributed by atoms with Crippen LogP contribution in [0.3, 0.4) is 0 Å². The zero-order chi connectivity index (χ0) is 13.6. The summed E-state index contributed by atoms with van der Waals surface area (Å²) in [7, 11) is 1.51. The van der Waals surface area contributed by atoms with Gasteiger partial charge >= 0.3 is 6.18 Å². The first-order valence-corrected chi connectivity index (χ1v) is 5.52. The fourth-order valence-electron chi connectivity index (χ4n) is 1.21. The minimum Gasteiger partial charge on any atom is -0.497 e. The molecule has 0 aliphatic carbocycles. The van der Waals surface area contributed by atoms with Crippen molar-refractivity contribution in [1.82, 2.24) is 0 Å². The predicted octanol–water partition coefficient (Wildman–Crippen LogP) is 3.34. The Morgan fingerprint density at radius 2 is 2.06 bits per heavy atom. The minimum absolute atomic E-state index is 0.0625. The summed E-state index contributed by atoms with van der Waals surface area (Å²) < 4.78 is 44.8. The van der Waals surface area contributed by atoms with Gasteiger partial charge in [-0.2, -0.15) is 13.2 Å². The maximum Gasteiger partial charge on any atom is 0.411 e. The highest BCUT2D eigenvalue weighted by atomic mass is 35.5. The second-order valence-corrected chi connectivity index (χ2v) is 3.85. The van der Waals surface area contributed by atoms with Gasteiger partial charge in [-0.1, -0.05) is 11.6 Å². The zero-order valence-corrected chi connectivity index (χ0v) is 10.4. The van der Waals surface area contributed by atoms with Crippen LogP contribution in [0.2, 0.25) is 5.02 Å². The molecular weight excluding hydrogens is 271 g/mol. The lowest BCUT2D eigenvalue weighted by atomic mass is 10.3. The first kappa shape index (κ1) is 14.9. The molecule has 0 aliphatic heterocycles. The Labute approximate surface area is 108 Å². The molecule has 18 heavy (non-hydrogen) atoms. The number of alkyl halides is 3. The molecule has 0 spiro atoms. The van der Waals surface area contributed by atoms with E-state index in [1.807, 2.05) is 0 Å². The maximum atomic E-state index is 11.8. The largest absolute Gasteiger partial charge is 0.497 e. The molecule has 0 amide bonds. The third-order valence-electron chi connectivity index (χ3n) is 2.00. The van der Waals surface area contributed by atoms with Crippen molar-refractivity contribution in [3.05, 3.63) is 23.2 Å². The van der Waals surface area contributed by atoms with Gasteiger partial charge in [-0.25, -0.2) is 0 Å². The molecule has 0 unspecified atom stereocenters. The number of rotatable bonds is 6. The molecule has 1 N–H and O–H groups in total. The summed E-state index contributed by atoms with van der Waals surface area (Å²) in [6.07, 6.45) is -4.30. The predicted molar refractivity (Wildman–Crippen MR) is 63.4 cm³/mol. The van der Waals surface area contributed by atoms with Gasteiger partial charge in [-0.15, -0.1) is 0 Å². The fraction of sp³-hybridized carbons (Fsp3) is 0.455. The number of halogens is 4. The van der Waals surface area contributed by atoms with Gasteiger partial charge in [-0.3, -0.25) is 0 Å². The number of anilines is 1. The number of nitrogens with one attached hydrogen (secondary N) is 1. The van der Waals surface area contributed by atoms with Gasteiger partial charge in [0.1, 0.15) is 12.4 Å². The normalized spacial score (nSPS) is 11.4. The number of hydrogen-bond acceptors (Lipinski definition) is 3. The van der Waals surface area contributed by atoms with Crippen LogP contribution >= 0.6 is 11.6 Å². The van der Waals surface area contributed by atoms with E-state index in [1.54, 1.807) is 18.2 Å². The summed E-state index contributed by atoms with van der Waals surface area (Å²) in [5, 5.41) is 3.33. The van der Waals surface area contributed by atoms with E-state index in [-0.39, 0.29) is 13.2 Å². The summed E-state index contributed by atoms with van der Waals surface area (Å²) >= 11 is 5.90. The van der Waals surface area contributed by atoms with E-state index in [0.29, 0.717) is 16.5 Å². The van der Waals surface area contributed by atoms with Gasteiger partial charge in [0, 0.05) is 12.6 Å². The maximum absolute atomic E-state index is 11.8. The van der Waals surface area contributed by atoms with Gasteiger partial charge < -0.3 is 14.8 Å². The molecular formula is C11H13ClF3NO2. The fourth-order valence-corrected chi connectivity index (χ4v) is 1.40. The third-order valence-corrected chi connectivity index (χ3v) is 2.33. The minimum atomic E-state index is -4.30. The van der Waals surface area contributed by atoms with Crippen molar-refractivity contribution in [2.75, 3.05) is 32.2 Å². The van der Waals surface area contributed by atoms with Crippen molar-refractivity contribution >= 4 is 17.3 Å². The molecule has 0 radical (unpaired) electrons. The van der Waals surface area contributed by atoms with Crippen LogP contribution in [-0.2, 0) is 4.74 Å². The lowest BCUT2D eigenvalue weighted by molar-refractivity contribution is -0.172. The summed E-state index contributed by atoms with van der Waals surface area (Å²) in [6.45, 7) is -1.09. The molecule has 0 fully saturated rings. The van der Waals surface area contributed by atoms with Crippen molar-refractivity contribution in [1.29, 1.82) is 0 Å². The lowest BCUT2D eigenvalue weighted by Crippen LogP contribution is -2.20. The second kappa shape index (κ2) is 6.70. The van der Waals surface area contributed by atoms with Gasteiger partial charge in [-0.05, 0) is 12.1 Å². The van der Waals surface area contributed by atoms with Crippen LogP contribution in [0, 0.1) is 0 Å². The topological polar surface area (TPSA) is 30.5 Å². The van der Waals surface area contributed by atoms with Crippen LogP contribution in [0.25, 0.3) is 0 Å². The second-order valence-electron chi connectivity index (χ2n) is 3.44. The quantitative estimate of drug-likeness (QED) is 0.812. The van der Waals surface area contributed by atoms with Crippen molar-refractivity contribution in [3.8, 4) is 5.75 Å². The molecule has 102 valence electrons. The van der Waals surface area contributed by atoms with E-state index >= 15 is 0 Å². The molecule has 1 aromatic carbocycles. The Bertz CT molecular complexity index is 385. The lowest BCUT2D eigenvalue weighted by Gasteiger charge is -2.11. The molecule has 0 aromatic heterocycles. The van der Waals surface area contributed by atoms with Crippen LogP contribution in [-0.4, -0.2) is 33.0 Å². The zero-order valence-electron chi connectivity index (χ0n) is 9.68. The summed E-state index contributed by atoms with van der Waals surface area (Å²) in [4.78, 5) is 0. The molecule has 0 atom stereocenters. The van der Waals surface area contributed by atoms with E-state index in [0.717, 1.165) is 0 Å². The number of ether oxygens (including phenoxy) is 2. The first-order valence-electron chi connectivity index (χ1n) is 5.14. The van der Waals surface area contributed by atoms with E-state index in [9.17, 15) is 13.2 Å². The van der Waals surface area contributed by atoms with Crippen molar-refractivity contribution in [2.24, 2.45) is 0 Å². The standard InChI is InChI=1S/C11H13ClF3NO2/c1-17-8-2-3-9(12)10(6-8)16-4-5-18-7-11(13,14)15/h2-3,6,16H,4-5,7H2,1H3. The van der Waals surface area contributed by atoms with Crippen molar-refractivity contribution in [3.63, 3.8) is 0 Å². The molecule has 0 bridgehead atoms. The molecule has 3 nitrogen and oxygen atoms in total. The first-order chi connectivity index (χ1) is 8.42. The van der Waals surface area contributed by atoms with Crippen LogP contribution in [0.4, 0.5) is 18.9 Å². The molecule has 0 saturated heterocycles. The highest BCUT2D eigenvalue weighted by Gasteiger charge is 2.27. The Balaban J connectivity index is 2.35. The van der Waals surface area contributed by atoms with Gasteiger partial charge in [0.2, 0.25) is 0 Å². The SMILES string of the molecule is COc1ccc(Cl)c(NCCOCC(F)(F)F)c1. The summed E-state index contributed by atoms with van der Waals surface area (Å²) in [6, 6.07) is 4.99. The molecule has 1 aromatic rings. The number of benzene rings is 1. The smallest absolute Gasteiger partial charge is 0.411 e. The highest BCUT2D eigenvalue weighted by Crippen LogP contribution is 2.26. The van der Waals surface area contributed by atoms with E-state index in [1.165, 1.54) is 7.11 Å². The van der Waals surface area contributed by atoms with Crippen LogP contribution in [0.15, 0.2) is 18.2 Å². The highest BCUT2D eigenvalue weighted by molar-refractivity contribution is 6.33. The van der Waals surface area contributed by atoms with E-state index in [4.69, 9.17) is 16.3 Å². The third kappa shape index (κ3) is 5.46. The average molecular weight is 284 g/mol. The van der Waals surface area contributed by atoms with Crippen molar-refractivity contribution in [2.45, 2.75) is 6.18 Å². The Morgan fingerprint density at radius 1 is 1.33 bits per heavy atom. The van der Waals surface area contributed by atoms with Crippen LogP contribution in [0.5, 0.6) is 5.75 Å². The Morgan fingerprint density at radius 3 is 2.67 bits per heavy atom. The van der Waals surface area contributed by atoms with Crippen LogP contribution in [0.1, 0.15) is 0 Å². The van der Waals surface area contributed by atoms with Gasteiger partial charge in [0.05, 0.1) is 24.4 Å². The average Bonchev–Trinajstić information content (AvgIpc) is 2.29. The monoisotopic (exact) mass is 283 g/mol. The van der Waals surface area contributed by atoms with Crippen LogP contribution < -0.4 is 10.1 Å². The number of methoxy groups -OCH3 is 1. The molecule has 7 heteroatoms. The molecule has 0 heterocycles.